The van der Waals surface area contributed by atoms with Crippen LogP contribution in [0.5, 0.6) is 0 Å². The van der Waals surface area contributed by atoms with Crippen molar-refractivity contribution in [2.75, 3.05) is 13.2 Å². The molecule has 8 N–H and O–H groups in total. The van der Waals surface area contributed by atoms with Crippen LogP contribution in [0.4, 0.5) is 8.78 Å². The maximum absolute atomic E-state index is 14.0. The van der Waals surface area contributed by atoms with Crippen LogP contribution in [0, 0.1) is 0 Å². The van der Waals surface area contributed by atoms with Crippen LogP contribution in [0.3, 0.4) is 0 Å². The minimum absolute atomic E-state index is 0.263. The van der Waals surface area contributed by atoms with E-state index in [0.717, 1.165) is 6.92 Å². The van der Waals surface area contributed by atoms with Crippen LogP contribution in [0.1, 0.15) is 39.5 Å². The molecule has 3 aliphatic rings. The molecule has 0 bridgehead atoms. The van der Waals surface area contributed by atoms with Crippen molar-refractivity contribution in [2.45, 2.75) is 101 Å². The topological polar surface area (TPSA) is 285 Å². The van der Waals surface area contributed by atoms with Gasteiger partial charge in [-0.15, -0.1) is 0 Å². The summed E-state index contributed by atoms with van der Waals surface area (Å²) in [7, 11) is 0. The van der Waals surface area contributed by atoms with Gasteiger partial charge in [0.15, 0.2) is 24.9 Å². The van der Waals surface area contributed by atoms with Gasteiger partial charge in [-0.25, -0.2) is 8.78 Å². The Morgan fingerprint density at radius 1 is 0.818 bits per heavy atom. The molecule has 2 amide bonds. The molecule has 3 rings (SSSR count). The van der Waals surface area contributed by atoms with E-state index in [1.807, 2.05) is 0 Å². The van der Waals surface area contributed by atoms with E-state index in [9.17, 15) is 58.0 Å². The first kappa shape index (κ1) is 38.6. The minimum atomic E-state index is -2.01. The SMILES string of the molecule is CC(=O)N[C@H]1C(O)O[C@H](CO)[C@@H](F)[C@@H]1O.CC(=O)N[C@H]1C(O)O[C@H](COC(=O)CCC(=O)O)[C@@H](F)[C@@H]1O.O=C1CCC(=O)O1. The molecule has 2 unspecified atom stereocenters. The lowest BCUT2D eigenvalue weighted by Gasteiger charge is -2.39. The number of nitrogens with one attached hydrogen (secondary N) is 2. The van der Waals surface area contributed by atoms with Gasteiger partial charge in [0.2, 0.25) is 11.8 Å². The number of hydrogen-bond donors (Lipinski definition) is 8. The summed E-state index contributed by atoms with van der Waals surface area (Å²) < 4.78 is 45.6. The standard InChI is InChI=1S/C12H18FNO8.C8H14FNO5.C4H4O3/c1-5(15)14-10-11(19)9(13)6(22-12(10)20)4-21-8(18)3-2-7(16)17;1-3(12)10-6-7(13)5(9)4(2-11)15-8(6)14;5-3-1-2-4(6)7-3/h6,9-12,19-20H,2-4H2,1H3,(H,14,15)(H,16,17);4-8,11,13-14H,2H2,1H3,(H,10,12);1-2H2/t6-,9-,10-,11+,12?;4-,5-,6-,7+,8?;/m11./s1. The van der Waals surface area contributed by atoms with Crippen LogP contribution in [-0.4, -0.2) is 141 Å². The summed E-state index contributed by atoms with van der Waals surface area (Å²) in [5.74, 6) is -3.95. The lowest BCUT2D eigenvalue weighted by atomic mass is 9.98. The number of carbonyl (C=O) groups is 6. The Morgan fingerprint density at radius 2 is 1.25 bits per heavy atom. The Bertz CT molecular complexity index is 1000. The highest BCUT2D eigenvalue weighted by atomic mass is 19.1. The molecule has 0 aromatic rings. The number of carboxylic acid groups (broad SMARTS) is 1. The number of amides is 2. The van der Waals surface area contributed by atoms with Crippen LogP contribution in [0.25, 0.3) is 0 Å². The van der Waals surface area contributed by atoms with Gasteiger partial charge in [-0.1, -0.05) is 0 Å². The minimum Gasteiger partial charge on any atom is -0.481 e. The molecule has 0 aromatic carbocycles. The van der Waals surface area contributed by atoms with Crippen LogP contribution in [-0.2, 0) is 47.7 Å². The Hall–Kier alpha value is -3.40. The van der Waals surface area contributed by atoms with Gasteiger partial charge in [0.05, 0.1) is 32.3 Å². The van der Waals surface area contributed by atoms with Crippen molar-refractivity contribution in [2.24, 2.45) is 0 Å². The molecular weight excluding hydrogens is 610 g/mol. The maximum Gasteiger partial charge on any atom is 0.314 e. The molecule has 0 spiro atoms. The summed E-state index contributed by atoms with van der Waals surface area (Å²) in [5.41, 5.74) is 0. The highest BCUT2D eigenvalue weighted by molar-refractivity contribution is 5.92. The van der Waals surface area contributed by atoms with Gasteiger partial charge in [0.25, 0.3) is 0 Å². The Labute approximate surface area is 248 Å². The third-order valence-corrected chi connectivity index (χ3v) is 5.97. The average molecular weight is 647 g/mol. The zero-order chi connectivity index (χ0) is 33.7. The number of aliphatic hydroxyl groups is 5. The lowest BCUT2D eigenvalue weighted by Crippen LogP contribution is -2.62. The second-order valence-electron chi connectivity index (χ2n) is 9.56. The monoisotopic (exact) mass is 646 g/mol. The number of aliphatic hydroxyl groups excluding tert-OH is 5. The molecule has 0 aliphatic carbocycles. The molecule has 0 aromatic heterocycles. The molecule has 3 aliphatic heterocycles. The van der Waals surface area contributed by atoms with Crippen molar-refractivity contribution in [3.05, 3.63) is 0 Å². The third-order valence-electron chi connectivity index (χ3n) is 5.97. The number of alkyl halides is 2. The number of cyclic esters (lactones) is 2. The summed E-state index contributed by atoms with van der Waals surface area (Å²) in [6.45, 7) is 1.05. The van der Waals surface area contributed by atoms with Crippen molar-refractivity contribution in [3.63, 3.8) is 0 Å². The number of rotatable bonds is 8. The van der Waals surface area contributed by atoms with E-state index in [4.69, 9.17) is 14.9 Å². The van der Waals surface area contributed by atoms with Crippen molar-refractivity contribution in [1.29, 1.82) is 0 Å². The van der Waals surface area contributed by atoms with E-state index >= 15 is 0 Å². The van der Waals surface area contributed by atoms with Gasteiger partial charge in [-0.2, -0.15) is 0 Å². The number of esters is 3. The number of aliphatic carboxylic acids is 1. The smallest absolute Gasteiger partial charge is 0.314 e. The highest BCUT2D eigenvalue weighted by Gasteiger charge is 2.46. The van der Waals surface area contributed by atoms with E-state index in [-0.39, 0.29) is 12.8 Å². The number of hydrogen-bond acceptors (Lipinski definition) is 15. The first-order valence-electron chi connectivity index (χ1n) is 13.1. The van der Waals surface area contributed by atoms with Gasteiger partial charge in [0.1, 0.15) is 43.1 Å². The number of ether oxygens (including phenoxy) is 4. The highest BCUT2D eigenvalue weighted by Crippen LogP contribution is 2.23. The molecule has 3 saturated heterocycles. The normalized spacial score (nSPS) is 32.9. The molecule has 20 heteroatoms. The van der Waals surface area contributed by atoms with E-state index in [2.05, 4.69) is 24.8 Å². The largest absolute Gasteiger partial charge is 0.481 e. The molecule has 0 saturated carbocycles. The van der Waals surface area contributed by atoms with Crippen molar-refractivity contribution in [3.8, 4) is 0 Å². The van der Waals surface area contributed by atoms with E-state index in [1.165, 1.54) is 6.92 Å². The third kappa shape index (κ3) is 12.7. The fraction of sp³-hybridized carbons (Fsp3) is 0.750. The van der Waals surface area contributed by atoms with Crippen LogP contribution >= 0.6 is 0 Å². The second kappa shape index (κ2) is 18.4. The molecule has 3 fully saturated rings. The molecule has 252 valence electrons. The first-order chi connectivity index (χ1) is 20.5. The van der Waals surface area contributed by atoms with Gasteiger partial charge in [-0.3, -0.25) is 28.8 Å². The Kier molecular flexibility index (Phi) is 16.2. The first-order valence-corrected chi connectivity index (χ1v) is 13.1. The number of carbonyl (C=O) groups excluding carboxylic acids is 5. The predicted molar refractivity (Wildman–Crippen MR) is 134 cm³/mol. The zero-order valence-electron chi connectivity index (χ0n) is 23.5. The molecular formula is C24H36F2N2O16. The van der Waals surface area contributed by atoms with Crippen molar-refractivity contribution < 1.29 is 87.1 Å². The number of carboxylic acids is 1. The summed E-state index contributed by atoms with van der Waals surface area (Å²) >= 11 is 0. The average Bonchev–Trinajstić information content (AvgIpc) is 3.33. The van der Waals surface area contributed by atoms with Gasteiger partial charge in [0, 0.05) is 13.8 Å². The fourth-order valence-corrected chi connectivity index (χ4v) is 3.80. The zero-order valence-corrected chi connectivity index (χ0v) is 23.5. The lowest BCUT2D eigenvalue weighted by molar-refractivity contribution is -0.242. The Morgan fingerprint density at radius 3 is 1.61 bits per heavy atom. The summed E-state index contributed by atoms with van der Waals surface area (Å²) in [6, 6.07) is -2.56. The molecule has 0 radical (unpaired) electrons. The van der Waals surface area contributed by atoms with Crippen LogP contribution < -0.4 is 10.6 Å². The summed E-state index contributed by atoms with van der Waals surface area (Å²) in [5, 5.41) is 59.5. The van der Waals surface area contributed by atoms with Crippen LogP contribution in [0.15, 0.2) is 0 Å². The van der Waals surface area contributed by atoms with Crippen molar-refractivity contribution >= 4 is 35.7 Å². The molecule has 10 atom stereocenters. The predicted octanol–water partition coefficient (Wildman–Crippen LogP) is -3.94. The molecule has 3 heterocycles. The van der Waals surface area contributed by atoms with E-state index in [0.29, 0.717) is 0 Å². The quantitative estimate of drug-likeness (QED) is 0.0923. The number of halogens is 2. The molecule has 44 heavy (non-hydrogen) atoms. The summed E-state index contributed by atoms with van der Waals surface area (Å²) in [6.07, 6.45) is -13.4. The summed E-state index contributed by atoms with van der Waals surface area (Å²) in [4.78, 5) is 63.1. The maximum atomic E-state index is 14.0. The Balaban J connectivity index is 0.000000375. The van der Waals surface area contributed by atoms with E-state index in [1.54, 1.807) is 0 Å². The van der Waals surface area contributed by atoms with E-state index < -0.39 is 123 Å². The second-order valence-corrected chi connectivity index (χ2v) is 9.56. The van der Waals surface area contributed by atoms with Gasteiger partial charge in [-0.05, 0) is 0 Å². The molecule has 18 nitrogen and oxygen atoms in total. The van der Waals surface area contributed by atoms with Gasteiger partial charge >= 0.3 is 23.9 Å². The van der Waals surface area contributed by atoms with Crippen molar-refractivity contribution in [1.82, 2.24) is 10.6 Å². The van der Waals surface area contributed by atoms with Crippen LogP contribution in [0.2, 0.25) is 0 Å². The van der Waals surface area contributed by atoms with Gasteiger partial charge < -0.3 is 60.2 Å². The fourth-order valence-electron chi connectivity index (χ4n) is 3.80.